The third-order valence-electron chi connectivity index (χ3n) is 5.13. The zero-order valence-corrected chi connectivity index (χ0v) is 12.1. The van der Waals surface area contributed by atoms with Crippen molar-refractivity contribution in [3.05, 3.63) is 35.9 Å². The van der Waals surface area contributed by atoms with Crippen LogP contribution in [0.15, 0.2) is 30.3 Å². The number of hydrogen-bond acceptors (Lipinski definition) is 2. The molecule has 1 heterocycles. The molecule has 1 aromatic rings. The van der Waals surface area contributed by atoms with Crippen LogP contribution >= 0.6 is 0 Å². The van der Waals surface area contributed by atoms with E-state index in [1.807, 2.05) is 0 Å². The first kappa shape index (κ1) is 13.1. The van der Waals surface area contributed by atoms with Gasteiger partial charge in [-0.15, -0.1) is 0 Å². The largest absolute Gasteiger partial charge is 0.311 e. The summed E-state index contributed by atoms with van der Waals surface area (Å²) in [4.78, 5) is 2.65. The Morgan fingerprint density at radius 2 is 1.89 bits per heavy atom. The number of benzene rings is 1. The van der Waals surface area contributed by atoms with Gasteiger partial charge in [-0.3, -0.25) is 4.90 Å². The number of hydrogen-bond donors (Lipinski definition) is 1. The average Bonchev–Trinajstić information content (AvgIpc) is 2.46. The molecule has 0 amide bonds. The lowest BCUT2D eigenvalue weighted by Gasteiger charge is -2.50. The van der Waals surface area contributed by atoms with Crippen LogP contribution in [0, 0.1) is 0 Å². The first-order chi connectivity index (χ1) is 9.28. The first-order valence-electron chi connectivity index (χ1n) is 7.77. The van der Waals surface area contributed by atoms with E-state index in [-0.39, 0.29) is 0 Å². The second kappa shape index (κ2) is 5.64. The molecule has 1 saturated carbocycles. The Hall–Kier alpha value is -0.860. The van der Waals surface area contributed by atoms with Gasteiger partial charge in [0.05, 0.1) is 0 Å². The van der Waals surface area contributed by atoms with Gasteiger partial charge in [0.25, 0.3) is 0 Å². The molecular formula is C17H26N2. The average molecular weight is 258 g/mol. The van der Waals surface area contributed by atoms with Gasteiger partial charge in [0.1, 0.15) is 0 Å². The summed E-state index contributed by atoms with van der Waals surface area (Å²) in [6, 6.07) is 11.5. The number of nitrogens with zero attached hydrogens (tertiary/aromatic N) is 1. The molecule has 1 unspecified atom stereocenters. The second-order valence-corrected chi connectivity index (χ2v) is 6.43. The maximum atomic E-state index is 3.82. The summed E-state index contributed by atoms with van der Waals surface area (Å²) in [7, 11) is 2.34. The van der Waals surface area contributed by atoms with Gasteiger partial charge in [-0.2, -0.15) is 0 Å². The molecule has 2 fully saturated rings. The van der Waals surface area contributed by atoms with Crippen molar-refractivity contribution in [2.24, 2.45) is 0 Å². The lowest BCUT2D eigenvalue weighted by atomic mass is 9.78. The zero-order valence-electron chi connectivity index (χ0n) is 12.1. The molecule has 1 saturated heterocycles. The highest BCUT2D eigenvalue weighted by Crippen LogP contribution is 2.34. The Kier molecular flexibility index (Phi) is 3.90. The molecule has 1 spiro atoms. The van der Waals surface area contributed by atoms with Crippen LogP contribution in [0.5, 0.6) is 0 Å². The molecule has 1 atom stereocenters. The fourth-order valence-electron chi connectivity index (χ4n) is 3.86. The van der Waals surface area contributed by atoms with E-state index in [0.29, 0.717) is 11.6 Å². The Morgan fingerprint density at radius 1 is 1.16 bits per heavy atom. The van der Waals surface area contributed by atoms with Gasteiger partial charge in [0.2, 0.25) is 0 Å². The monoisotopic (exact) mass is 258 g/mol. The van der Waals surface area contributed by atoms with E-state index in [9.17, 15) is 0 Å². The predicted octanol–water partition coefficient (Wildman–Crippen LogP) is 2.84. The smallest absolute Gasteiger partial charge is 0.0331 e. The molecule has 3 rings (SSSR count). The van der Waals surface area contributed by atoms with E-state index in [0.717, 1.165) is 6.42 Å². The number of nitrogens with one attached hydrogen (secondary N) is 1. The maximum absolute atomic E-state index is 3.82. The van der Waals surface area contributed by atoms with Crippen LogP contribution in [-0.2, 0) is 6.42 Å². The minimum atomic E-state index is 0.464. The van der Waals surface area contributed by atoms with E-state index < -0.39 is 0 Å². The third-order valence-corrected chi connectivity index (χ3v) is 5.13. The molecule has 1 N–H and O–H groups in total. The van der Waals surface area contributed by atoms with Crippen LogP contribution in [-0.4, -0.2) is 36.6 Å². The van der Waals surface area contributed by atoms with E-state index in [1.54, 1.807) is 0 Å². The fraction of sp³-hybridized carbons (Fsp3) is 0.647. The van der Waals surface area contributed by atoms with Crippen molar-refractivity contribution in [3.63, 3.8) is 0 Å². The molecule has 2 nitrogen and oxygen atoms in total. The zero-order chi connectivity index (χ0) is 13.1. The van der Waals surface area contributed by atoms with Crippen LogP contribution < -0.4 is 5.32 Å². The lowest BCUT2D eigenvalue weighted by molar-refractivity contribution is 0.0321. The SMILES string of the molecule is CN1CC(Cc2ccccc2)NCC12CCCCC2. The Bertz CT molecular complexity index is 395. The van der Waals surface area contributed by atoms with Crippen molar-refractivity contribution in [2.75, 3.05) is 20.1 Å². The van der Waals surface area contributed by atoms with Crippen molar-refractivity contribution in [1.29, 1.82) is 0 Å². The molecule has 1 aliphatic heterocycles. The summed E-state index contributed by atoms with van der Waals surface area (Å²) in [6.45, 7) is 2.37. The summed E-state index contributed by atoms with van der Waals surface area (Å²) in [5.74, 6) is 0. The van der Waals surface area contributed by atoms with Crippen molar-refractivity contribution in [2.45, 2.75) is 50.1 Å². The molecule has 0 bridgehead atoms. The highest BCUT2D eigenvalue weighted by Gasteiger charge is 2.39. The predicted molar refractivity (Wildman–Crippen MR) is 80.4 cm³/mol. The molecule has 104 valence electrons. The van der Waals surface area contributed by atoms with Crippen LogP contribution in [0.2, 0.25) is 0 Å². The van der Waals surface area contributed by atoms with Crippen LogP contribution in [0.3, 0.4) is 0 Å². The van der Waals surface area contributed by atoms with Gasteiger partial charge in [-0.05, 0) is 31.9 Å². The van der Waals surface area contributed by atoms with Crippen molar-refractivity contribution < 1.29 is 0 Å². The van der Waals surface area contributed by atoms with Gasteiger partial charge in [-0.25, -0.2) is 0 Å². The van der Waals surface area contributed by atoms with E-state index in [2.05, 4.69) is 47.6 Å². The summed E-state index contributed by atoms with van der Waals surface area (Å²) in [5.41, 5.74) is 1.92. The molecule has 19 heavy (non-hydrogen) atoms. The van der Waals surface area contributed by atoms with Gasteiger partial charge in [0.15, 0.2) is 0 Å². The van der Waals surface area contributed by atoms with Crippen LogP contribution in [0.25, 0.3) is 0 Å². The quantitative estimate of drug-likeness (QED) is 0.877. The molecule has 0 aromatic heterocycles. The Balaban J connectivity index is 1.61. The molecule has 2 heteroatoms. The standard InChI is InChI=1S/C17H26N2/c1-19-13-16(12-15-8-4-2-5-9-15)18-14-17(19)10-6-3-7-11-17/h2,4-5,8-9,16,18H,3,6-7,10-14H2,1H3. The molecular weight excluding hydrogens is 232 g/mol. The third kappa shape index (κ3) is 2.85. The number of likely N-dealkylation sites (N-methyl/N-ethyl adjacent to an activating group) is 1. The Labute approximate surface area is 117 Å². The van der Waals surface area contributed by atoms with Crippen molar-refractivity contribution >= 4 is 0 Å². The highest BCUT2D eigenvalue weighted by molar-refractivity contribution is 5.16. The Morgan fingerprint density at radius 3 is 2.58 bits per heavy atom. The summed E-state index contributed by atoms with van der Waals surface area (Å²) < 4.78 is 0. The van der Waals surface area contributed by atoms with E-state index in [1.165, 1.54) is 50.8 Å². The molecule has 2 aliphatic rings. The van der Waals surface area contributed by atoms with Crippen molar-refractivity contribution in [3.8, 4) is 0 Å². The summed E-state index contributed by atoms with van der Waals surface area (Å²) >= 11 is 0. The molecule has 0 radical (unpaired) electrons. The highest BCUT2D eigenvalue weighted by atomic mass is 15.3. The minimum Gasteiger partial charge on any atom is -0.311 e. The van der Waals surface area contributed by atoms with Gasteiger partial charge in [0, 0.05) is 24.7 Å². The van der Waals surface area contributed by atoms with Gasteiger partial charge in [-0.1, -0.05) is 49.6 Å². The summed E-state index contributed by atoms with van der Waals surface area (Å²) in [6.07, 6.45) is 8.18. The summed E-state index contributed by atoms with van der Waals surface area (Å²) in [5, 5.41) is 3.82. The lowest BCUT2D eigenvalue weighted by Crippen LogP contribution is -2.64. The second-order valence-electron chi connectivity index (χ2n) is 6.43. The topological polar surface area (TPSA) is 15.3 Å². The van der Waals surface area contributed by atoms with Crippen LogP contribution in [0.1, 0.15) is 37.7 Å². The number of rotatable bonds is 2. The van der Waals surface area contributed by atoms with Crippen LogP contribution in [0.4, 0.5) is 0 Å². The molecule has 1 aromatic carbocycles. The fourth-order valence-corrected chi connectivity index (χ4v) is 3.86. The van der Waals surface area contributed by atoms with Gasteiger partial charge >= 0.3 is 0 Å². The maximum Gasteiger partial charge on any atom is 0.0331 e. The normalized spacial score (nSPS) is 27.5. The first-order valence-corrected chi connectivity index (χ1v) is 7.77. The molecule has 1 aliphatic carbocycles. The van der Waals surface area contributed by atoms with E-state index in [4.69, 9.17) is 0 Å². The minimum absolute atomic E-state index is 0.464. The van der Waals surface area contributed by atoms with Gasteiger partial charge < -0.3 is 5.32 Å². The van der Waals surface area contributed by atoms with E-state index >= 15 is 0 Å². The van der Waals surface area contributed by atoms with Crippen molar-refractivity contribution in [1.82, 2.24) is 10.2 Å². The number of piperazine rings is 1.